The van der Waals surface area contributed by atoms with Crippen LogP contribution in [0.25, 0.3) is 22.4 Å². The minimum atomic E-state index is -0.978. The van der Waals surface area contributed by atoms with Crippen molar-refractivity contribution in [2.75, 3.05) is 0 Å². The maximum absolute atomic E-state index is 13.6. The van der Waals surface area contributed by atoms with Gasteiger partial charge in [0.15, 0.2) is 11.6 Å². The van der Waals surface area contributed by atoms with Crippen LogP contribution < -0.4 is 0 Å². The largest absolute Gasteiger partial charge is 0.338 e. The molecular weight excluding hydrogens is 241 g/mol. The Labute approximate surface area is 100 Å². The van der Waals surface area contributed by atoms with Gasteiger partial charge in [-0.05, 0) is 12.1 Å². The molecule has 0 aliphatic rings. The molecular formula is C13H7F3N2. The zero-order valence-corrected chi connectivity index (χ0v) is 9.05. The minimum absolute atomic E-state index is 0.244. The van der Waals surface area contributed by atoms with E-state index >= 15 is 0 Å². The van der Waals surface area contributed by atoms with Gasteiger partial charge in [-0.1, -0.05) is 12.1 Å². The highest BCUT2D eigenvalue weighted by Crippen LogP contribution is 2.24. The second-order valence-corrected chi connectivity index (χ2v) is 3.85. The third-order valence-electron chi connectivity index (χ3n) is 2.65. The third-order valence-corrected chi connectivity index (χ3v) is 2.65. The average molecular weight is 248 g/mol. The summed E-state index contributed by atoms with van der Waals surface area (Å²) >= 11 is 0. The van der Waals surface area contributed by atoms with Gasteiger partial charge in [0.05, 0.1) is 16.6 Å². The Bertz CT molecular complexity index is 695. The number of fused-ring (bicyclic) bond motifs is 1. The number of imidazole rings is 1. The first-order chi connectivity index (χ1) is 8.65. The SMILES string of the molecule is Fc1cc2nc(-c3ccccc3F)[nH]c2cc1F. The topological polar surface area (TPSA) is 28.7 Å². The summed E-state index contributed by atoms with van der Waals surface area (Å²) in [5.74, 6) is -2.15. The van der Waals surface area contributed by atoms with Crippen molar-refractivity contribution in [3.05, 3.63) is 53.8 Å². The van der Waals surface area contributed by atoms with Gasteiger partial charge in [-0.25, -0.2) is 18.2 Å². The van der Waals surface area contributed by atoms with Gasteiger partial charge in [0.1, 0.15) is 11.6 Å². The van der Waals surface area contributed by atoms with Gasteiger partial charge >= 0.3 is 0 Å². The number of hydrogen-bond donors (Lipinski definition) is 1. The lowest BCUT2D eigenvalue weighted by molar-refractivity contribution is 0.510. The fourth-order valence-electron chi connectivity index (χ4n) is 1.79. The van der Waals surface area contributed by atoms with Crippen LogP contribution in [0.4, 0.5) is 13.2 Å². The first-order valence-electron chi connectivity index (χ1n) is 5.25. The Balaban J connectivity index is 2.23. The molecule has 0 aliphatic carbocycles. The molecule has 3 rings (SSSR count). The summed E-state index contributed by atoms with van der Waals surface area (Å²) < 4.78 is 39.6. The summed E-state index contributed by atoms with van der Waals surface area (Å²) in [5, 5.41) is 0. The number of benzene rings is 2. The van der Waals surface area contributed by atoms with Gasteiger partial charge in [0.2, 0.25) is 0 Å². The summed E-state index contributed by atoms with van der Waals surface area (Å²) in [6, 6.07) is 8.03. The van der Waals surface area contributed by atoms with E-state index < -0.39 is 17.5 Å². The molecule has 5 heteroatoms. The van der Waals surface area contributed by atoms with Gasteiger partial charge in [-0.15, -0.1) is 0 Å². The Morgan fingerprint density at radius 3 is 2.39 bits per heavy atom. The second kappa shape index (κ2) is 3.87. The monoisotopic (exact) mass is 248 g/mol. The van der Waals surface area contributed by atoms with Gasteiger partial charge in [-0.3, -0.25) is 0 Å². The van der Waals surface area contributed by atoms with E-state index in [0.717, 1.165) is 12.1 Å². The van der Waals surface area contributed by atoms with Crippen LogP contribution in [0.5, 0.6) is 0 Å². The van der Waals surface area contributed by atoms with E-state index in [4.69, 9.17) is 0 Å². The molecule has 0 atom stereocenters. The second-order valence-electron chi connectivity index (χ2n) is 3.85. The number of nitrogens with one attached hydrogen (secondary N) is 1. The highest BCUT2D eigenvalue weighted by molar-refractivity contribution is 5.79. The fourth-order valence-corrected chi connectivity index (χ4v) is 1.79. The third kappa shape index (κ3) is 1.64. The fraction of sp³-hybridized carbons (Fsp3) is 0. The van der Waals surface area contributed by atoms with E-state index in [2.05, 4.69) is 9.97 Å². The van der Waals surface area contributed by atoms with E-state index in [9.17, 15) is 13.2 Å². The summed E-state index contributed by atoms with van der Waals surface area (Å²) in [5.41, 5.74) is 0.842. The Kier molecular flexibility index (Phi) is 2.33. The lowest BCUT2D eigenvalue weighted by atomic mass is 10.2. The van der Waals surface area contributed by atoms with Crippen molar-refractivity contribution in [3.8, 4) is 11.4 Å². The zero-order chi connectivity index (χ0) is 12.7. The molecule has 0 unspecified atom stereocenters. The number of rotatable bonds is 1. The van der Waals surface area contributed by atoms with Crippen LogP contribution in [0.3, 0.4) is 0 Å². The predicted molar refractivity (Wildman–Crippen MR) is 61.4 cm³/mol. The summed E-state index contributed by atoms with van der Waals surface area (Å²) in [4.78, 5) is 6.81. The lowest BCUT2D eigenvalue weighted by Crippen LogP contribution is -1.84. The van der Waals surface area contributed by atoms with Crippen LogP contribution in [0, 0.1) is 17.5 Å². The highest BCUT2D eigenvalue weighted by Gasteiger charge is 2.12. The maximum atomic E-state index is 13.6. The number of nitrogens with zero attached hydrogens (tertiary/aromatic N) is 1. The molecule has 1 aromatic heterocycles. The minimum Gasteiger partial charge on any atom is -0.338 e. The molecule has 18 heavy (non-hydrogen) atoms. The number of H-pyrrole nitrogens is 1. The molecule has 2 aromatic carbocycles. The van der Waals surface area contributed by atoms with Gasteiger partial charge in [-0.2, -0.15) is 0 Å². The van der Waals surface area contributed by atoms with Gasteiger partial charge in [0.25, 0.3) is 0 Å². The smallest absolute Gasteiger partial charge is 0.161 e. The molecule has 0 bridgehead atoms. The standard InChI is InChI=1S/C13H7F3N2/c14-8-4-2-1-3-7(8)13-17-11-5-9(15)10(16)6-12(11)18-13/h1-6H,(H,17,18). The molecule has 0 spiro atoms. The van der Waals surface area contributed by atoms with E-state index in [-0.39, 0.29) is 16.9 Å². The van der Waals surface area contributed by atoms with E-state index in [1.165, 1.54) is 6.07 Å². The number of aromatic amines is 1. The van der Waals surface area contributed by atoms with Gasteiger partial charge < -0.3 is 4.98 Å². The zero-order valence-electron chi connectivity index (χ0n) is 9.05. The van der Waals surface area contributed by atoms with Crippen LogP contribution in [0.15, 0.2) is 36.4 Å². The first kappa shape index (κ1) is 10.8. The molecule has 0 saturated heterocycles. The number of aromatic nitrogens is 2. The van der Waals surface area contributed by atoms with Crippen LogP contribution >= 0.6 is 0 Å². The van der Waals surface area contributed by atoms with E-state index in [0.29, 0.717) is 5.52 Å². The van der Waals surface area contributed by atoms with Crippen molar-refractivity contribution < 1.29 is 13.2 Å². The molecule has 1 heterocycles. The molecule has 0 aliphatic heterocycles. The van der Waals surface area contributed by atoms with Crippen LogP contribution in [-0.2, 0) is 0 Å². The van der Waals surface area contributed by atoms with Gasteiger partial charge in [0, 0.05) is 12.1 Å². The van der Waals surface area contributed by atoms with Crippen molar-refractivity contribution >= 4 is 11.0 Å². The predicted octanol–water partition coefficient (Wildman–Crippen LogP) is 3.65. The normalized spacial score (nSPS) is 11.1. The van der Waals surface area contributed by atoms with Crippen molar-refractivity contribution in [1.82, 2.24) is 9.97 Å². The number of halogens is 3. The summed E-state index contributed by atoms with van der Waals surface area (Å²) in [6.07, 6.45) is 0. The summed E-state index contributed by atoms with van der Waals surface area (Å²) in [6.45, 7) is 0. The Morgan fingerprint density at radius 2 is 1.61 bits per heavy atom. The molecule has 1 N–H and O–H groups in total. The molecule has 0 saturated carbocycles. The van der Waals surface area contributed by atoms with Crippen molar-refractivity contribution in [2.24, 2.45) is 0 Å². The molecule has 90 valence electrons. The molecule has 2 nitrogen and oxygen atoms in total. The van der Waals surface area contributed by atoms with Crippen LogP contribution in [-0.4, -0.2) is 9.97 Å². The molecule has 3 aromatic rings. The molecule has 0 radical (unpaired) electrons. The van der Waals surface area contributed by atoms with Crippen molar-refractivity contribution in [2.45, 2.75) is 0 Å². The average Bonchev–Trinajstić information content (AvgIpc) is 2.73. The molecule has 0 amide bonds. The number of hydrogen-bond acceptors (Lipinski definition) is 1. The Hall–Kier alpha value is -2.30. The van der Waals surface area contributed by atoms with E-state index in [1.54, 1.807) is 18.2 Å². The quantitative estimate of drug-likeness (QED) is 0.699. The summed E-state index contributed by atoms with van der Waals surface area (Å²) in [7, 11) is 0. The van der Waals surface area contributed by atoms with Crippen molar-refractivity contribution in [1.29, 1.82) is 0 Å². The van der Waals surface area contributed by atoms with Crippen LogP contribution in [0.1, 0.15) is 0 Å². The lowest BCUT2D eigenvalue weighted by Gasteiger charge is -1.96. The molecule has 0 fully saturated rings. The Morgan fingerprint density at radius 1 is 0.889 bits per heavy atom. The first-order valence-corrected chi connectivity index (χ1v) is 5.25. The van der Waals surface area contributed by atoms with E-state index in [1.807, 2.05) is 0 Å². The van der Waals surface area contributed by atoms with Crippen LogP contribution in [0.2, 0.25) is 0 Å². The maximum Gasteiger partial charge on any atom is 0.161 e. The van der Waals surface area contributed by atoms with Crippen molar-refractivity contribution in [3.63, 3.8) is 0 Å². The highest BCUT2D eigenvalue weighted by atomic mass is 19.2.